The quantitative estimate of drug-likeness (QED) is 0.906. The maximum atomic E-state index is 12.6. The van der Waals surface area contributed by atoms with Gasteiger partial charge in [-0.05, 0) is 49.4 Å². The molecule has 0 aromatic heterocycles. The van der Waals surface area contributed by atoms with E-state index in [9.17, 15) is 4.79 Å². The average molecular weight is 288 g/mol. The van der Waals surface area contributed by atoms with E-state index in [-0.39, 0.29) is 17.6 Å². The third kappa shape index (κ3) is 2.42. The molecule has 1 unspecified atom stereocenters. The van der Waals surface area contributed by atoms with E-state index in [1.807, 2.05) is 17.9 Å². The molecule has 1 heterocycles. The molecule has 4 heteroatoms. The molecule has 0 bridgehead atoms. The highest BCUT2D eigenvalue weighted by atomic mass is 16.5. The maximum absolute atomic E-state index is 12.6. The molecule has 1 N–H and O–H groups in total. The zero-order valence-corrected chi connectivity index (χ0v) is 13.1. The first kappa shape index (κ1) is 14.4. The SMILES string of the molecule is CCCCN1C(=O)C2(CC2)NC1c1ccc(OC)c(C)c1. The third-order valence-electron chi connectivity index (χ3n) is 4.63. The minimum Gasteiger partial charge on any atom is -0.496 e. The summed E-state index contributed by atoms with van der Waals surface area (Å²) in [6.07, 6.45) is 4.11. The molecule has 1 aromatic carbocycles. The van der Waals surface area contributed by atoms with Crippen molar-refractivity contribution in [2.24, 2.45) is 0 Å². The number of carbonyl (C=O) groups is 1. The van der Waals surface area contributed by atoms with Crippen LogP contribution >= 0.6 is 0 Å². The third-order valence-corrected chi connectivity index (χ3v) is 4.63. The van der Waals surface area contributed by atoms with E-state index in [4.69, 9.17) is 4.74 Å². The van der Waals surface area contributed by atoms with Crippen molar-refractivity contribution in [3.63, 3.8) is 0 Å². The van der Waals surface area contributed by atoms with Crippen LogP contribution in [0.15, 0.2) is 18.2 Å². The predicted octanol–water partition coefficient (Wildman–Crippen LogP) is 2.77. The minimum atomic E-state index is -0.258. The molecule has 0 radical (unpaired) electrons. The zero-order chi connectivity index (χ0) is 15.0. The second-order valence-electron chi connectivity index (χ2n) is 6.21. The van der Waals surface area contributed by atoms with Gasteiger partial charge in [0.05, 0.1) is 7.11 Å². The number of unbranched alkanes of at least 4 members (excludes halogenated alkanes) is 1. The number of rotatable bonds is 5. The average Bonchev–Trinajstić information content (AvgIpc) is 3.21. The smallest absolute Gasteiger partial charge is 0.244 e. The lowest BCUT2D eigenvalue weighted by Gasteiger charge is -2.25. The first-order chi connectivity index (χ1) is 10.1. The predicted molar refractivity (Wildman–Crippen MR) is 82.2 cm³/mol. The van der Waals surface area contributed by atoms with Crippen molar-refractivity contribution in [1.82, 2.24) is 10.2 Å². The van der Waals surface area contributed by atoms with Gasteiger partial charge < -0.3 is 9.64 Å². The van der Waals surface area contributed by atoms with Crippen molar-refractivity contribution in [3.05, 3.63) is 29.3 Å². The van der Waals surface area contributed by atoms with Crippen LogP contribution in [-0.2, 0) is 4.79 Å². The number of methoxy groups -OCH3 is 1. The Morgan fingerprint density at radius 1 is 1.43 bits per heavy atom. The Bertz CT molecular complexity index is 552. The fourth-order valence-electron chi connectivity index (χ4n) is 3.17. The lowest BCUT2D eigenvalue weighted by atomic mass is 10.1. The Labute approximate surface area is 126 Å². The highest BCUT2D eigenvalue weighted by molar-refractivity contribution is 5.92. The molecule has 114 valence electrons. The lowest BCUT2D eigenvalue weighted by Crippen LogP contribution is -2.32. The van der Waals surface area contributed by atoms with Crippen molar-refractivity contribution in [1.29, 1.82) is 0 Å². The standard InChI is InChI=1S/C17H24N2O2/c1-4-5-10-19-15(18-17(8-9-17)16(19)20)13-6-7-14(21-3)12(2)11-13/h6-7,11,15,18H,4-5,8-10H2,1-3H3. The van der Waals surface area contributed by atoms with Gasteiger partial charge in [0.1, 0.15) is 17.5 Å². The molecule has 1 saturated heterocycles. The summed E-state index contributed by atoms with van der Waals surface area (Å²) in [5, 5.41) is 3.57. The molecule has 2 fully saturated rings. The molecule has 1 aliphatic carbocycles. The summed E-state index contributed by atoms with van der Waals surface area (Å²) < 4.78 is 5.33. The van der Waals surface area contributed by atoms with Crippen molar-refractivity contribution >= 4 is 5.91 Å². The molecule has 1 aliphatic heterocycles. The van der Waals surface area contributed by atoms with Gasteiger partial charge in [-0.1, -0.05) is 19.4 Å². The highest BCUT2D eigenvalue weighted by Gasteiger charge is 2.59. The van der Waals surface area contributed by atoms with Gasteiger partial charge in [0.15, 0.2) is 0 Å². The minimum absolute atomic E-state index is 0.0103. The molecule has 1 aromatic rings. The van der Waals surface area contributed by atoms with Gasteiger partial charge >= 0.3 is 0 Å². The fourth-order valence-corrected chi connectivity index (χ4v) is 3.17. The van der Waals surface area contributed by atoms with E-state index < -0.39 is 0 Å². The number of amides is 1. The van der Waals surface area contributed by atoms with E-state index in [2.05, 4.69) is 24.4 Å². The van der Waals surface area contributed by atoms with Gasteiger partial charge in [0.2, 0.25) is 5.91 Å². The Balaban J connectivity index is 1.88. The van der Waals surface area contributed by atoms with Crippen molar-refractivity contribution in [2.75, 3.05) is 13.7 Å². The first-order valence-corrected chi connectivity index (χ1v) is 7.84. The van der Waals surface area contributed by atoms with E-state index in [0.717, 1.165) is 49.1 Å². The van der Waals surface area contributed by atoms with Crippen LogP contribution in [0, 0.1) is 6.92 Å². The number of hydrogen-bond acceptors (Lipinski definition) is 3. The molecule has 4 nitrogen and oxygen atoms in total. The molecule has 1 saturated carbocycles. The zero-order valence-electron chi connectivity index (χ0n) is 13.1. The molecule has 2 aliphatic rings. The van der Waals surface area contributed by atoms with Crippen LogP contribution in [0.2, 0.25) is 0 Å². The first-order valence-electron chi connectivity index (χ1n) is 7.84. The summed E-state index contributed by atoms with van der Waals surface area (Å²) in [6, 6.07) is 6.19. The summed E-state index contributed by atoms with van der Waals surface area (Å²) >= 11 is 0. The van der Waals surface area contributed by atoms with Crippen molar-refractivity contribution in [3.8, 4) is 5.75 Å². The van der Waals surface area contributed by atoms with Gasteiger partial charge in [-0.3, -0.25) is 10.1 Å². The fraction of sp³-hybridized carbons (Fsp3) is 0.588. The topological polar surface area (TPSA) is 41.6 Å². The monoisotopic (exact) mass is 288 g/mol. The second-order valence-corrected chi connectivity index (χ2v) is 6.21. The number of carbonyl (C=O) groups excluding carboxylic acids is 1. The van der Waals surface area contributed by atoms with Crippen LogP contribution in [0.3, 0.4) is 0 Å². The number of ether oxygens (including phenoxy) is 1. The van der Waals surface area contributed by atoms with E-state index in [1.165, 1.54) is 0 Å². The van der Waals surface area contributed by atoms with Gasteiger partial charge in [0.25, 0.3) is 0 Å². The summed E-state index contributed by atoms with van der Waals surface area (Å²) in [7, 11) is 1.69. The number of hydrogen-bond donors (Lipinski definition) is 1. The Kier molecular flexibility index (Phi) is 3.66. The van der Waals surface area contributed by atoms with Crippen LogP contribution in [0.25, 0.3) is 0 Å². The number of aryl methyl sites for hydroxylation is 1. The summed E-state index contributed by atoms with van der Waals surface area (Å²) in [6.45, 7) is 5.04. The maximum Gasteiger partial charge on any atom is 0.244 e. The van der Waals surface area contributed by atoms with E-state index >= 15 is 0 Å². The van der Waals surface area contributed by atoms with Gasteiger partial charge in [-0.15, -0.1) is 0 Å². The summed E-state index contributed by atoms with van der Waals surface area (Å²) in [5.74, 6) is 1.18. The molecule has 1 atom stereocenters. The highest BCUT2D eigenvalue weighted by Crippen LogP contribution is 2.46. The molecule has 3 rings (SSSR count). The van der Waals surface area contributed by atoms with Crippen molar-refractivity contribution < 1.29 is 9.53 Å². The molecular formula is C17H24N2O2. The molecule has 1 spiro atoms. The number of nitrogens with zero attached hydrogens (tertiary/aromatic N) is 1. The van der Waals surface area contributed by atoms with Crippen LogP contribution in [-0.4, -0.2) is 30.0 Å². The molecule has 1 amide bonds. The van der Waals surface area contributed by atoms with Gasteiger partial charge in [-0.2, -0.15) is 0 Å². The molecule has 21 heavy (non-hydrogen) atoms. The lowest BCUT2D eigenvalue weighted by molar-refractivity contribution is -0.130. The van der Waals surface area contributed by atoms with Crippen LogP contribution in [0.5, 0.6) is 5.75 Å². The van der Waals surface area contributed by atoms with Gasteiger partial charge in [-0.25, -0.2) is 0 Å². The van der Waals surface area contributed by atoms with Gasteiger partial charge in [0, 0.05) is 6.54 Å². The van der Waals surface area contributed by atoms with Crippen LogP contribution in [0.4, 0.5) is 0 Å². The number of benzene rings is 1. The Morgan fingerprint density at radius 3 is 2.76 bits per heavy atom. The largest absolute Gasteiger partial charge is 0.496 e. The van der Waals surface area contributed by atoms with Crippen molar-refractivity contribution in [2.45, 2.75) is 51.2 Å². The number of nitrogens with one attached hydrogen (secondary N) is 1. The normalized spacial score (nSPS) is 22.9. The Morgan fingerprint density at radius 2 is 2.19 bits per heavy atom. The van der Waals surface area contributed by atoms with Crippen LogP contribution in [0.1, 0.15) is 49.9 Å². The Hall–Kier alpha value is -1.55. The summed E-state index contributed by atoms with van der Waals surface area (Å²) in [5.41, 5.74) is 2.00. The van der Waals surface area contributed by atoms with E-state index in [0.29, 0.717) is 0 Å². The molecular weight excluding hydrogens is 264 g/mol. The van der Waals surface area contributed by atoms with Crippen LogP contribution < -0.4 is 10.1 Å². The second kappa shape index (κ2) is 5.34. The van der Waals surface area contributed by atoms with E-state index in [1.54, 1.807) is 7.11 Å². The summed E-state index contributed by atoms with van der Waals surface area (Å²) in [4.78, 5) is 14.7.